The average molecular weight is 292 g/mol. The third-order valence-corrected chi connectivity index (χ3v) is 4.05. The van der Waals surface area contributed by atoms with Gasteiger partial charge in [0.1, 0.15) is 5.69 Å². The highest BCUT2D eigenvalue weighted by Crippen LogP contribution is 2.35. The van der Waals surface area contributed by atoms with Gasteiger partial charge in [-0.15, -0.1) is 0 Å². The number of nitrogens with zero attached hydrogens (tertiary/aromatic N) is 1. The van der Waals surface area contributed by atoms with E-state index in [2.05, 4.69) is 10.7 Å². The molecule has 1 amide bonds. The van der Waals surface area contributed by atoms with Gasteiger partial charge < -0.3 is 15.5 Å². The third-order valence-electron chi connectivity index (χ3n) is 4.05. The number of rotatable bonds is 4. The number of nitro benzene ring substituents is 1. The predicted molar refractivity (Wildman–Crippen MR) is 74.7 cm³/mol. The summed E-state index contributed by atoms with van der Waals surface area (Å²) in [7, 11) is 0. The number of nitrogens with two attached hydrogens (primary N) is 1. The van der Waals surface area contributed by atoms with Crippen LogP contribution in [0.1, 0.15) is 29.6 Å². The zero-order valence-electron chi connectivity index (χ0n) is 11.2. The Labute approximate surface area is 120 Å². The van der Waals surface area contributed by atoms with Crippen LogP contribution in [0.5, 0.6) is 0 Å². The van der Waals surface area contributed by atoms with Crippen LogP contribution in [0.25, 0.3) is 0 Å². The van der Waals surface area contributed by atoms with E-state index in [9.17, 15) is 14.9 Å². The monoisotopic (exact) mass is 292 g/mol. The second kappa shape index (κ2) is 5.30. The number of hydrogen-bond acceptors (Lipinski definition) is 6. The highest BCUT2D eigenvalue weighted by atomic mass is 16.6. The molecular weight excluding hydrogens is 276 g/mol. The second-order valence-corrected chi connectivity index (χ2v) is 5.29. The number of ether oxygens (including phenoxy) is 1. The summed E-state index contributed by atoms with van der Waals surface area (Å²) >= 11 is 0. The molecule has 0 radical (unpaired) electrons. The van der Waals surface area contributed by atoms with E-state index in [-0.39, 0.29) is 41.1 Å². The van der Waals surface area contributed by atoms with Crippen molar-refractivity contribution in [3.8, 4) is 0 Å². The third kappa shape index (κ3) is 2.43. The molecule has 0 aliphatic carbocycles. The maximum atomic E-state index is 12.3. The van der Waals surface area contributed by atoms with E-state index in [0.717, 1.165) is 19.3 Å². The minimum atomic E-state index is -0.577. The molecule has 0 spiro atoms. The lowest BCUT2D eigenvalue weighted by atomic mass is 9.95. The van der Waals surface area contributed by atoms with Crippen LogP contribution in [0.3, 0.4) is 0 Å². The molecule has 112 valence electrons. The molecule has 0 aromatic heterocycles. The number of nitro groups is 1. The molecule has 2 aliphatic rings. The minimum absolute atomic E-state index is 0.0177. The predicted octanol–water partition coefficient (Wildman–Crippen LogP) is 0.930. The van der Waals surface area contributed by atoms with Gasteiger partial charge in [0.05, 0.1) is 28.7 Å². The Balaban J connectivity index is 1.81. The molecule has 3 rings (SSSR count). The minimum Gasteiger partial charge on any atom is -0.373 e. The van der Waals surface area contributed by atoms with Crippen molar-refractivity contribution in [2.75, 3.05) is 5.43 Å². The van der Waals surface area contributed by atoms with E-state index in [1.54, 1.807) is 0 Å². The summed E-state index contributed by atoms with van der Waals surface area (Å²) in [5, 5.41) is 13.8. The summed E-state index contributed by atoms with van der Waals surface area (Å²) in [4.78, 5) is 22.7. The first-order valence-electron chi connectivity index (χ1n) is 6.80. The van der Waals surface area contributed by atoms with E-state index in [4.69, 9.17) is 10.6 Å². The van der Waals surface area contributed by atoms with Gasteiger partial charge in [0.25, 0.3) is 11.6 Å². The SMILES string of the molecule is NNc1c(C(=O)NC2CC3CCC2O3)cccc1[N+](=O)[O-]. The largest absolute Gasteiger partial charge is 0.373 e. The molecule has 2 heterocycles. The molecule has 3 unspecified atom stereocenters. The lowest BCUT2D eigenvalue weighted by molar-refractivity contribution is -0.384. The standard InChI is InChI=1S/C13H16N4O4/c14-16-12-8(2-1-3-10(12)17(19)20)13(18)15-9-6-7-4-5-11(9)21-7/h1-3,7,9,11,16H,4-6,14H2,(H,15,18). The number of nitrogens with one attached hydrogen (secondary N) is 2. The van der Waals surface area contributed by atoms with Crippen LogP contribution in [-0.2, 0) is 4.74 Å². The van der Waals surface area contributed by atoms with Crippen molar-refractivity contribution in [2.24, 2.45) is 5.84 Å². The Hall–Kier alpha value is -2.19. The van der Waals surface area contributed by atoms with Crippen molar-refractivity contribution in [3.63, 3.8) is 0 Å². The summed E-state index contributed by atoms with van der Waals surface area (Å²) in [5.41, 5.74) is 2.20. The number of carbonyl (C=O) groups is 1. The fourth-order valence-electron chi connectivity index (χ4n) is 3.07. The van der Waals surface area contributed by atoms with E-state index >= 15 is 0 Å². The van der Waals surface area contributed by atoms with Gasteiger partial charge in [-0.3, -0.25) is 20.8 Å². The molecule has 3 atom stereocenters. The van der Waals surface area contributed by atoms with E-state index < -0.39 is 4.92 Å². The van der Waals surface area contributed by atoms with Crippen molar-refractivity contribution in [1.82, 2.24) is 5.32 Å². The number of hydrazine groups is 1. The molecular formula is C13H16N4O4. The smallest absolute Gasteiger partial charge is 0.294 e. The highest BCUT2D eigenvalue weighted by molar-refractivity contribution is 6.01. The number of para-hydroxylation sites is 1. The number of amides is 1. The molecule has 2 fully saturated rings. The number of anilines is 1. The van der Waals surface area contributed by atoms with Crippen LogP contribution in [0.2, 0.25) is 0 Å². The number of fused-ring (bicyclic) bond motifs is 2. The molecule has 2 aliphatic heterocycles. The molecule has 8 heteroatoms. The summed E-state index contributed by atoms with van der Waals surface area (Å²) in [6.07, 6.45) is 3.02. The van der Waals surface area contributed by atoms with Gasteiger partial charge >= 0.3 is 0 Å². The first-order valence-corrected chi connectivity index (χ1v) is 6.80. The van der Waals surface area contributed by atoms with Crippen molar-refractivity contribution >= 4 is 17.3 Å². The Morgan fingerprint density at radius 2 is 2.24 bits per heavy atom. The Morgan fingerprint density at radius 1 is 1.43 bits per heavy atom. The first-order chi connectivity index (χ1) is 10.1. The van der Waals surface area contributed by atoms with Crippen LogP contribution in [0.15, 0.2) is 18.2 Å². The number of hydrogen-bond donors (Lipinski definition) is 3. The van der Waals surface area contributed by atoms with Crippen LogP contribution in [0.4, 0.5) is 11.4 Å². The Bertz CT molecular complexity index is 592. The van der Waals surface area contributed by atoms with Crippen LogP contribution in [0, 0.1) is 10.1 Å². The number of nitrogen functional groups attached to an aromatic ring is 1. The lowest BCUT2D eigenvalue weighted by Gasteiger charge is -2.20. The van der Waals surface area contributed by atoms with Gasteiger partial charge in [0.2, 0.25) is 0 Å². The fourth-order valence-corrected chi connectivity index (χ4v) is 3.07. The van der Waals surface area contributed by atoms with Gasteiger partial charge in [-0.05, 0) is 25.3 Å². The van der Waals surface area contributed by atoms with Gasteiger partial charge in [0, 0.05) is 6.07 Å². The molecule has 0 saturated carbocycles. The highest BCUT2D eigenvalue weighted by Gasteiger charge is 2.41. The zero-order chi connectivity index (χ0) is 15.0. The van der Waals surface area contributed by atoms with Gasteiger partial charge in [-0.2, -0.15) is 0 Å². The molecule has 4 N–H and O–H groups in total. The van der Waals surface area contributed by atoms with Crippen molar-refractivity contribution in [1.29, 1.82) is 0 Å². The van der Waals surface area contributed by atoms with Crippen LogP contribution < -0.4 is 16.6 Å². The second-order valence-electron chi connectivity index (χ2n) is 5.29. The molecule has 2 bridgehead atoms. The summed E-state index contributed by atoms with van der Waals surface area (Å²) in [6.45, 7) is 0. The Morgan fingerprint density at radius 3 is 2.81 bits per heavy atom. The summed E-state index contributed by atoms with van der Waals surface area (Å²) in [6, 6.07) is 4.23. The number of carbonyl (C=O) groups excluding carboxylic acids is 1. The quantitative estimate of drug-likeness (QED) is 0.431. The van der Waals surface area contributed by atoms with E-state index in [1.165, 1.54) is 18.2 Å². The zero-order valence-corrected chi connectivity index (χ0v) is 11.2. The maximum Gasteiger partial charge on any atom is 0.294 e. The van der Waals surface area contributed by atoms with E-state index in [0.29, 0.717) is 0 Å². The van der Waals surface area contributed by atoms with Gasteiger partial charge in [-0.25, -0.2) is 0 Å². The molecule has 8 nitrogen and oxygen atoms in total. The lowest BCUT2D eigenvalue weighted by Crippen LogP contribution is -2.41. The Kier molecular flexibility index (Phi) is 3.48. The summed E-state index contributed by atoms with van der Waals surface area (Å²) in [5.74, 6) is 4.95. The van der Waals surface area contributed by atoms with Crippen molar-refractivity contribution in [2.45, 2.75) is 37.5 Å². The van der Waals surface area contributed by atoms with Gasteiger partial charge in [-0.1, -0.05) is 6.07 Å². The normalized spacial score (nSPS) is 26.6. The molecule has 21 heavy (non-hydrogen) atoms. The maximum absolute atomic E-state index is 12.3. The van der Waals surface area contributed by atoms with Crippen LogP contribution in [-0.4, -0.2) is 29.1 Å². The van der Waals surface area contributed by atoms with E-state index in [1.807, 2.05) is 0 Å². The molecule has 2 saturated heterocycles. The van der Waals surface area contributed by atoms with Crippen molar-refractivity contribution < 1.29 is 14.5 Å². The molecule has 1 aromatic rings. The number of benzene rings is 1. The fraction of sp³-hybridized carbons (Fsp3) is 0.462. The van der Waals surface area contributed by atoms with Gasteiger partial charge in [0.15, 0.2) is 0 Å². The van der Waals surface area contributed by atoms with Crippen molar-refractivity contribution in [3.05, 3.63) is 33.9 Å². The summed E-state index contributed by atoms with van der Waals surface area (Å²) < 4.78 is 5.68. The first kappa shape index (κ1) is 13.8. The topological polar surface area (TPSA) is 120 Å². The molecule has 1 aromatic carbocycles. The van der Waals surface area contributed by atoms with Crippen LogP contribution >= 0.6 is 0 Å². The average Bonchev–Trinajstić information content (AvgIpc) is 3.08.